The van der Waals surface area contributed by atoms with Gasteiger partial charge in [-0.25, -0.2) is 4.79 Å². The fourth-order valence-corrected chi connectivity index (χ4v) is 3.52. The van der Waals surface area contributed by atoms with Gasteiger partial charge in [0.15, 0.2) is 12.4 Å². The predicted octanol–water partition coefficient (Wildman–Crippen LogP) is 3.61. The van der Waals surface area contributed by atoms with Crippen LogP contribution >= 0.6 is 0 Å². The van der Waals surface area contributed by atoms with E-state index in [4.69, 9.17) is 9.26 Å². The zero-order valence-electron chi connectivity index (χ0n) is 17.8. The van der Waals surface area contributed by atoms with Crippen LogP contribution in [-0.4, -0.2) is 28.2 Å². The van der Waals surface area contributed by atoms with Crippen LogP contribution in [0.4, 0.5) is 5.82 Å². The lowest BCUT2D eigenvalue weighted by Gasteiger charge is -2.16. The lowest BCUT2D eigenvalue weighted by Crippen LogP contribution is -2.28. The third kappa shape index (κ3) is 4.02. The molecule has 0 bridgehead atoms. The number of esters is 1. The molecule has 0 saturated carbocycles. The number of rotatable bonds is 5. The third-order valence-corrected chi connectivity index (χ3v) is 5.07. The number of hydrogen-bond donors (Lipinski definition) is 1. The highest BCUT2D eigenvalue weighted by Gasteiger charge is 2.23. The van der Waals surface area contributed by atoms with E-state index < -0.39 is 18.5 Å². The highest BCUT2D eigenvalue weighted by molar-refractivity contribution is 6.07. The zero-order valence-corrected chi connectivity index (χ0v) is 17.8. The van der Waals surface area contributed by atoms with Gasteiger partial charge in [0.2, 0.25) is 0 Å². The number of benzene rings is 2. The first-order chi connectivity index (χ1) is 15.3. The molecule has 8 nitrogen and oxygen atoms in total. The molecule has 0 atom stereocenters. The summed E-state index contributed by atoms with van der Waals surface area (Å²) in [6.45, 7) is 3.11. The van der Waals surface area contributed by atoms with E-state index >= 15 is 0 Å². The number of nitrogens with zero attached hydrogens (tertiary/aromatic N) is 2. The largest absolute Gasteiger partial charge is 0.451 e. The van der Waals surface area contributed by atoms with Gasteiger partial charge in [-0.3, -0.25) is 9.59 Å². The van der Waals surface area contributed by atoms with Crippen LogP contribution in [0.3, 0.4) is 0 Å². The van der Waals surface area contributed by atoms with Crippen LogP contribution in [0, 0.1) is 13.8 Å². The van der Waals surface area contributed by atoms with Crippen molar-refractivity contribution in [2.24, 2.45) is 7.05 Å². The standard InChI is InChI=1S/C24H21N3O5/c1-14-8-10-16(11-9-14)21-17-6-4-5-7-18(17)23(29)27(3)22(21)24(30)31-13-20(28)25-19-12-15(2)32-26-19/h4-12H,13H2,1-3H3,(H,25,26,28). The molecular formula is C24H21N3O5. The molecular weight excluding hydrogens is 410 g/mol. The Hall–Kier alpha value is -4.20. The second kappa shape index (κ2) is 8.50. The Kier molecular flexibility index (Phi) is 5.59. The van der Waals surface area contributed by atoms with E-state index in [9.17, 15) is 14.4 Å². The molecule has 4 rings (SSSR count). The quantitative estimate of drug-likeness (QED) is 0.484. The van der Waals surface area contributed by atoms with Crippen molar-refractivity contribution in [3.8, 4) is 11.1 Å². The Morgan fingerprint density at radius 3 is 2.41 bits per heavy atom. The van der Waals surface area contributed by atoms with Gasteiger partial charge < -0.3 is 19.1 Å². The van der Waals surface area contributed by atoms with Crippen molar-refractivity contribution < 1.29 is 18.8 Å². The van der Waals surface area contributed by atoms with E-state index in [1.54, 1.807) is 31.2 Å². The number of aryl methyl sites for hydroxylation is 2. The fourth-order valence-electron chi connectivity index (χ4n) is 3.52. The Bertz CT molecular complexity index is 1380. The number of anilines is 1. The summed E-state index contributed by atoms with van der Waals surface area (Å²) < 4.78 is 11.4. The van der Waals surface area contributed by atoms with Crippen molar-refractivity contribution in [2.75, 3.05) is 11.9 Å². The highest BCUT2D eigenvalue weighted by atomic mass is 16.5. The van der Waals surface area contributed by atoms with E-state index in [-0.39, 0.29) is 17.1 Å². The summed E-state index contributed by atoms with van der Waals surface area (Å²) in [6, 6.07) is 16.3. The molecule has 0 saturated heterocycles. The highest BCUT2D eigenvalue weighted by Crippen LogP contribution is 2.31. The number of ether oxygens (including phenoxy) is 1. The number of pyridine rings is 1. The summed E-state index contributed by atoms with van der Waals surface area (Å²) in [5, 5.41) is 7.28. The first-order valence-corrected chi connectivity index (χ1v) is 9.94. The first kappa shape index (κ1) is 21.0. The normalized spacial score (nSPS) is 10.8. The van der Waals surface area contributed by atoms with Gasteiger partial charge in [-0.2, -0.15) is 0 Å². The maximum atomic E-state index is 13.1. The molecule has 162 valence electrons. The molecule has 0 aliphatic rings. The minimum absolute atomic E-state index is 0.0719. The predicted molar refractivity (Wildman–Crippen MR) is 120 cm³/mol. The fraction of sp³-hybridized carbons (Fsp3) is 0.167. The number of carbonyl (C=O) groups is 2. The topological polar surface area (TPSA) is 103 Å². The molecule has 4 aromatic rings. The smallest absolute Gasteiger partial charge is 0.356 e. The van der Waals surface area contributed by atoms with Crippen molar-refractivity contribution in [1.82, 2.24) is 9.72 Å². The maximum Gasteiger partial charge on any atom is 0.356 e. The average molecular weight is 431 g/mol. The second-order valence-electron chi connectivity index (χ2n) is 7.45. The third-order valence-electron chi connectivity index (χ3n) is 5.07. The Balaban J connectivity index is 1.72. The van der Waals surface area contributed by atoms with Gasteiger partial charge in [-0.05, 0) is 30.9 Å². The lowest BCUT2D eigenvalue weighted by molar-refractivity contribution is -0.119. The molecule has 0 aliphatic heterocycles. The maximum absolute atomic E-state index is 13.1. The summed E-state index contributed by atoms with van der Waals surface area (Å²) in [5.41, 5.74) is 2.14. The van der Waals surface area contributed by atoms with Gasteiger partial charge in [-0.15, -0.1) is 0 Å². The molecule has 0 radical (unpaired) electrons. The van der Waals surface area contributed by atoms with Crippen LogP contribution < -0.4 is 10.9 Å². The average Bonchev–Trinajstić information content (AvgIpc) is 3.19. The Labute approximate surface area is 183 Å². The van der Waals surface area contributed by atoms with E-state index in [2.05, 4.69) is 10.5 Å². The summed E-state index contributed by atoms with van der Waals surface area (Å²) in [4.78, 5) is 38.2. The monoisotopic (exact) mass is 431 g/mol. The summed E-state index contributed by atoms with van der Waals surface area (Å²) in [7, 11) is 1.52. The van der Waals surface area contributed by atoms with Gasteiger partial charge in [0.05, 0.1) is 0 Å². The molecule has 32 heavy (non-hydrogen) atoms. The molecule has 0 unspecified atom stereocenters. The van der Waals surface area contributed by atoms with Crippen LogP contribution in [0.1, 0.15) is 21.8 Å². The van der Waals surface area contributed by atoms with Gasteiger partial charge in [-0.1, -0.05) is 53.2 Å². The van der Waals surface area contributed by atoms with Crippen molar-refractivity contribution in [2.45, 2.75) is 13.8 Å². The zero-order chi connectivity index (χ0) is 22.8. The number of carbonyl (C=O) groups excluding carboxylic acids is 2. The van der Waals surface area contributed by atoms with Crippen LogP contribution in [0.5, 0.6) is 0 Å². The Morgan fingerprint density at radius 1 is 1.06 bits per heavy atom. The molecule has 0 fully saturated rings. The molecule has 2 aromatic heterocycles. The molecule has 8 heteroatoms. The minimum atomic E-state index is -0.780. The number of fused-ring (bicyclic) bond motifs is 1. The summed E-state index contributed by atoms with van der Waals surface area (Å²) in [5.74, 6) is -0.597. The van der Waals surface area contributed by atoms with Crippen molar-refractivity contribution in [3.63, 3.8) is 0 Å². The second-order valence-corrected chi connectivity index (χ2v) is 7.45. The van der Waals surface area contributed by atoms with E-state index in [1.807, 2.05) is 37.3 Å². The number of aromatic nitrogens is 2. The first-order valence-electron chi connectivity index (χ1n) is 9.94. The van der Waals surface area contributed by atoms with Crippen LogP contribution in [0.25, 0.3) is 21.9 Å². The number of nitrogens with one attached hydrogen (secondary N) is 1. The molecule has 0 spiro atoms. The summed E-state index contributed by atoms with van der Waals surface area (Å²) >= 11 is 0. The molecule has 1 amide bonds. The lowest BCUT2D eigenvalue weighted by atomic mass is 9.96. The van der Waals surface area contributed by atoms with Gasteiger partial charge >= 0.3 is 5.97 Å². The van der Waals surface area contributed by atoms with Gasteiger partial charge in [0.25, 0.3) is 11.5 Å². The van der Waals surface area contributed by atoms with Crippen LogP contribution in [0.15, 0.2) is 63.9 Å². The number of amides is 1. The van der Waals surface area contributed by atoms with Crippen LogP contribution in [0.2, 0.25) is 0 Å². The minimum Gasteiger partial charge on any atom is -0.451 e. The summed E-state index contributed by atoms with van der Waals surface area (Å²) in [6.07, 6.45) is 0. The molecule has 0 aliphatic carbocycles. The van der Waals surface area contributed by atoms with E-state index in [0.717, 1.165) is 11.1 Å². The number of hydrogen-bond acceptors (Lipinski definition) is 6. The van der Waals surface area contributed by atoms with Crippen molar-refractivity contribution in [3.05, 3.63) is 82.0 Å². The van der Waals surface area contributed by atoms with Gasteiger partial charge in [0.1, 0.15) is 11.5 Å². The molecule has 2 heterocycles. The van der Waals surface area contributed by atoms with E-state index in [0.29, 0.717) is 22.1 Å². The van der Waals surface area contributed by atoms with Crippen LogP contribution in [-0.2, 0) is 16.6 Å². The van der Waals surface area contributed by atoms with E-state index in [1.165, 1.54) is 11.6 Å². The molecule has 1 N–H and O–H groups in total. The van der Waals surface area contributed by atoms with Crippen molar-refractivity contribution >= 4 is 28.5 Å². The molecule has 2 aromatic carbocycles. The van der Waals surface area contributed by atoms with Gasteiger partial charge in [0, 0.05) is 24.1 Å². The SMILES string of the molecule is Cc1ccc(-c2c(C(=O)OCC(=O)Nc3cc(C)on3)n(C)c(=O)c3ccccc23)cc1. The Morgan fingerprint density at radius 2 is 1.75 bits per heavy atom. The van der Waals surface area contributed by atoms with Crippen molar-refractivity contribution in [1.29, 1.82) is 0 Å².